The molecule has 0 radical (unpaired) electrons. The number of hydrogen-bond acceptors (Lipinski definition) is 3. The van der Waals surface area contributed by atoms with Crippen LogP contribution in [0.3, 0.4) is 0 Å². The lowest BCUT2D eigenvalue weighted by molar-refractivity contribution is -0.905. The van der Waals surface area contributed by atoms with E-state index in [9.17, 15) is 4.79 Å². The van der Waals surface area contributed by atoms with Gasteiger partial charge in [0.05, 0.1) is 27.2 Å². The lowest BCUT2D eigenvalue weighted by atomic mass is 10.0. The second kappa shape index (κ2) is 7.04. The molecule has 0 bridgehead atoms. The van der Waals surface area contributed by atoms with E-state index in [0.717, 1.165) is 35.3 Å². The van der Waals surface area contributed by atoms with E-state index in [1.807, 2.05) is 13.8 Å². The maximum atomic E-state index is 11.7. The van der Waals surface area contributed by atoms with Gasteiger partial charge < -0.3 is 9.22 Å². The number of fused-ring (bicyclic) bond motifs is 1. The molecule has 2 rings (SSSR count). The number of quaternary nitrogens is 1. The second-order valence-electron chi connectivity index (χ2n) is 5.20. The fraction of sp³-hybridized carbons (Fsp3) is 0.600. The normalized spacial score (nSPS) is 15.7. The number of rotatable bonds is 2. The topological polar surface area (TPSA) is 39.2 Å². The number of ether oxygens (including phenoxy) is 1. The van der Waals surface area contributed by atoms with Crippen LogP contribution in [0, 0.1) is 0 Å². The van der Waals surface area contributed by atoms with Crippen LogP contribution >= 0.6 is 11.6 Å². The Hall–Kier alpha value is -1.13. The maximum Gasteiger partial charge on any atom is 0.356 e. The first-order valence-corrected chi connectivity index (χ1v) is 7.48. The van der Waals surface area contributed by atoms with Crippen molar-refractivity contribution in [2.75, 3.05) is 27.2 Å². The van der Waals surface area contributed by atoms with Gasteiger partial charge in [-0.3, -0.25) is 0 Å². The number of hydrogen-bond donors (Lipinski definition) is 0. The van der Waals surface area contributed by atoms with Crippen LogP contribution < -0.4 is 0 Å². The molecule has 0 unspecified atom stereocenters. The number of nitrogens with zero attached hydrogens (tertiary/aromatic N) is 2. The summed E-state index contributed by atoms with van der Waals surface area (Å²) in [5.41, 5.74) is 2.30. The van der Waals surface area contributed by atoms with Gasteiger partial charge in [0.1, 0.15) is 17.9 Å². The molecule has 1 aromatic rings. The van der Waals surface area contributed by atoms with Crippen molar-refractivity contribution in [1.29, 1.82) is 0 Å². The van der Waals surface area contributed by atoms with Crippen molar-refractivity contribution in [2.24, 2.45) is 0 Å². The molecule has 0 aromatic carbocycles. The molecule has 1 aliphatic heterocycles. The summed E-state index contributed by atoms with van der Waals surface area (Å²) in [4.78, 5) is 16.1. The van der Waals surface area contributed by atoms with Gasteiger partial charge in [-0.2, -0.15) is 0 Å². The molecule has 0 N–H and O–H groups in total. The number of pyridine rings is 1. The van der Waals surface area contributed by atoms with Gasteiger partial charge in [-0.25, -0.2) is 9.78 Å². The van der Waals surface area contributed by atoms with Crippen molar-refractivity contribution >= 4 is 17.6 Å². The van der Waals surface area contributed by atoms with Crippen LogP contribution in [0.4, 0.5) is 0 Å². The van der Waals surface area contributed by atoms with Crippen molar-refractivity contribution in [3.8, 4) is 0 Å². The molecule has 20 heavy (non-hydrogen) atoms. The molecule has 0 fully saturated rings. The standard InChI is InChI=1S/C13H18ClN2O2.C2H6/c1-4-18-13(17)11-7-10(14)9-5-6-16(2,3)8-12(9)15-11;1-2/h7H,4-6,8H2,1-3H3;1-2H3/q+1;. The van der Waals surface area contributed by atoms with Crippen molar-refractivity contribution in [1.82, 2.24) is 4.98 Å². The highest BCUT2D eigenvalue weighted by Gasteiger charge is 2.28. The number of esters is 1. The van der Waals surface area contributed by atoms with Gasteiger partial charge in [0.25, 0.3) is 0 Å². The van der Waals surface area contributed by atoms with Crippen LogP contribution in [0.2, 0.25) is 5.02 Å². The Morgan fingerprint density at radius 1 is 1.45 bits per heavy atom. The van der Waals surface area contributed by atoms with Crippen LogP contribution in [-0.4, -0.2) is 42.7 Å². The Labute approximate surface area is 126 Å². The number of halogens is 1. The van der Waals surface area contributed by atoms with E-state index in [4.69, 9.17) is 16.3 Å². The fourth-order valence-corrected chi connectivity index (χ4v) is 2.50. The zero-order valence-electron chi connectivity index (χ0n) is 13.0. The monoisotopic (exact) mass is 299 g/mol. The molecule has 1 aliphatic rings. The summed E-state index contributed by atoms with van der Waals surface area (Å²) in [5, 5.41) is 0.628. The Balaban J connectivity index is 0.000000956. The number of likely N-dealkylation sites (N-methyl/N-ethyl adjacent to an activating group) is 1. The zero-order chi connectivity index (χ0) is 15.3. The molecule has 5 heteroatoms. The lowest BCUT2D eigenvalue weighted by Gasteiger charge is -2.34. The van der Waals surface area contributed by atoms with Crippen LogP contribution in [0.25, 0.3) is 0 Å². The Bertz CT molecular complexity index is 487. The Kier molecular flexibility index (Phi) is 5.96. The summed E-state index contributed by atoms with van der Waals surface area (Å²) in [6, 6.07) is 1.61. The molecule has 1 aromatic heterocycles. The van der Waals surface area contributed by atoms with E-state index in [-0.39, 0.29) is 0 Å². The quantitative estimate of drug-likeness (QED) is 0.622. The molecule has 0 aliphatic carbocycles. The maximum absolute atomic E-state index is 11.7. The number of carbonyl (C=O) groups excluding carboxylic acids is 1. The average Bonchev–Trinajstić information content (AvgIpc) is 2.39. The predicted octanol–water partition coefficient (Wildman–Crippen LogP) is 3.07. The molecular formula is C15H24ClN2O2+. The number of aromatic nitrogens is 1. The largest absolute Gasteiger partial charge is 0.461 e. The minimum absolute atomic E-state index is 0.308. The van der Waals surface area contributed by atoms with E-state index < -0.39 is 5.97 Å². The van der Waals surface area contributed by atoms with Crippen LogP contribution in [-0.2, 0) is 17.7 Å². The van der Waals surface area contributed by atoms with Gasteiger partial charge in [-0.15, -0.1) is 0 Å². The lowest BCUT2D eigenvalue weighted by Crippen LogP contribution is -2.44. The van der Waals surface area contributed by atoms with Crippen molar-refractivity contribution in [2.45, 2.75) is 33.7 Å². The first-order chi connectivity index (χ1) is 9.43. The summed E-state index contributed by atoms with van der Waals surface area (Å²) in [6.07, 6.45) is 0.900. The molecule has 0 atom stereocenters. The van der Waals surface area contributed by atoms with Crippen molar-refractivity contribution in [3.63, 3.8) is 0 Å². The van der Waals surface area contributed by atoms with Gasteiger partial charge in [-0.05, 0) is 13.0 Å². The Morgan fingerprint density at radius 3 is 2.70 bits per heavy atom. The third kappa shape index (κ3) is 3.93. The smallest absolute Gasteiger partial charge is 0.356 e. The van der Waals surface area contributed by atoms with Crippen LogP contribution in [0.1, 0.15) is 42.5 Å². The van der Waals surface area contributed by atoms with Gasteiger partial charge in [-0.1, -0.05) is 25.4 Å². The first kappa shape index (κ1) is 16.9. The molecule has 0 saturated heterocycles. The summed E-state index contributed by atoms with van der Waals surface area (Å²) in [7, 11) is 4.30. The SMILES string of the molecule is CC.CCOC(=O)c1cc(Cl)c2c(n1)C[N+](C)(C)CC2. The first-order valence-electron chi connectivity index (χ1n) is 7.10. The van der Waals surface area contributed by atoms with Gasteiger partial charge in [0, 0.05) is 17.0 Å². The van der Waals surface area contributed by atoms with Crippen molar-refractivity contribution < 1.29 is 14.0 Å². The van der Waals surface area contributed by atoms with Gasteiger partial charge in [0.15, 0.2) is 0 Å². The highest BCUT2D eigenvalue weighted by Crippen LogP contribution is 2.27. The minimum atomic E-state index is -0.405. The molecule has 2 heterocycles. The Morgan fingerprint density at radius 2 is 2.10 bits per heavy atom. The van der Waals surface area contributed by atoms with Gasteiger partial charge >= 0.3 is 5.97 Å². The third-order valence-electron chi connectivity index (χ3n) is 3.18. The molecule has 0 amide bonds. The molecular weight excluding hydrogens is 276 g/mol. The molecule has 0 spiro atoms. The second-order valence-corrected chi connectivity index (χ2v) is 5.61. The van der Waals surface area contributed by atoms with E-state index in [2.05, 4.69) is 19.1 Å². The van der Waals surface area contributed by atoms with E-state index in [0.29, 0.717) is 17.3 Å². The van der Waals surface area contributed by atoms with Crippen molar-refractivity contribution in [3.05, 3.63) is 28.0 Å². The average molecular weight is 300 g/mol. The predicted molar refractivity (Wildman–Crippen MR) is 80.9 cm³/mol. The van der Waals surface area contributed by atoms with E-state index >= 15 is 0 Å². The van der Waals surface area contributed by atoms with E-state index in [1.54, 1.807) is 13.0 Å². The summed E-state index contributed by atoms with van der Waals surface area (Å²) >= 11 is 6.23. The molecule has 0 saturated carbocycles. The summed E-state index contributed by atoms with van der Waals surface area (Å²) in [6.45, 7) is 7.95. The van der Waals surface area contributed by atoms with Crippen LogP contribution in [0.5, 0.6) is 0 Å². The van der Waals surface area contributed by atoms with E-state index in [1.165, 1.54) is 0 Å². The summed E-state index contributed by atoms with van der Waals surface area (Å²) < 4.78 is 5.82. The highest BCUT2D eigenvalue weighted by atomic mass is 35.5. The molecule has 4 nitrogen and oxygen atoms in total. The van der Waals surface area contributed by atoms with Crippen LogP contribution in [0.15, 0.2) is 6.07 Å². The summed E-state index contributed by atoms with van der Waals surface area (Å²) in [5.74, 6) is -0.405. The number of carbonyl (C=O) groups is 1. The minimum Gasteiger partial charge on any atom is -0.461 e. The fourth-order valence-electron chi connectivity index (χ4n) is 2.19. The van der Waals surface area contributed by atoms with Gasteiger partial charge in [0.2, 0.25) is 0 Å². The molecule has 112 valence electrons. The highest BCUT2D eigenvalue weighted by molar-refractivity contribution is 6.31. The third-order valence-corrected chi connectivity index (χ3v) is 3.52. The zero-order valence-corrected chi connectivity index (χ0v) is 13.8.